The molecule has 146 valence electrons. The van der Waals surface area contributed by atoms with E-state index in [9.17, 15) is 14.0 Å². The third-order valence-corrected chi connectivity index (χ3v) is 6.48. The highest BCUT2D eigenvalue weighted by atomic mass is 19.1. The number of nitrogens with zero attached hydrogens (tertiary/aromatic N) is 2. The van der Waals surface area contributed by atoms with E-state index in [0.29, 0.717) is 30.5 Å². The molecule has 1 aromatic carbocycles. The Morgan fingerprint density at radius 2 is 1.59 bits per heavy atom. The van der Waals surface area contributed by atoms with Crippen LogP contribution in [0.1, 0.15) is 36.0 Å². The van der Waals surface area contributed by atoms with Gasteiger partial charge >= 0.3 is 0 Å². The number of hydrogen-bond acceptors (Lipinski definition) is 3. The minimum absolute atomic E-state index is 0.107. The van der Waals surface area contributed by atoms with E-state index >= 15 is 0 Å². The first-order chi connectivity index (χ1) is 13.1. The third kappa shape index (κ3) is 4.00. The molecule has 3 aliphatic heterocycles. The fourth-order valence-electron chi connectivity index (χ4n) is 4.83. The van der Waals surface area contributed by atoms with E-state index in [1.54, 1.807) is 4.90 Å². The van der Waals surface area contributed by atoms with Gasteiger partial charge in [-0.3, -0.25) is 9.59 Å². The minimum Gasteiger partial charge on any atom is -0.342 e. The molecule has 3 saturated heterocycles. The van der Waals surface area contributed by atoms with Crippen LogP contribution in [0.5, 0.6) is 0 Å². The summed E-state index contributed by atoms with van der Waals surface area (Å²) in [5.41, 5.74) is 0.486. The summed E-state index contributed by atoms with van der Waals surface area (Å²) >= 11 is 0. The van der Waals surface area contributed by atoms with Gasteiger partial charge in [0.25, 0.3) is 5.91 Å². The van der Waals surface area contributed by atoms with Crippen LogP contribution in [0.2, 0.25) is 0 Å². The van der Waals surface area contributed by atoms with Crippen LogP contribution in [-0.4, -0.2) is 60.9 Å². The average molecular weight is 373 g/mol. The van der Waals surface area contributed by atoms with Gasteiger partial charge in [0.15, 0.2) is 0 Å². The standard InChI is InChI=1S/C21H28FN3O2/c22-19-5-3-15(4-6-19)20(26)25-9-1-2-18(14-25)21(27)24-10-7-16-12-23-13-17(16)8-11-24/h3-6,16-18,23H,1-2,7-14H2/t16-,17+,18?. The lowest BCUT2D eigenvalue weighted by Crippen LogP contribution is -2.47. The lowest BCUT2D eigenvalue weighted by molar-refractivity contribution is -0.137. The van der Waals surface area contributed by atoms with Crippen molar-refractivity contribution in [2.75, 3.05) is 39.3 Å². The molecule has 3 atom stereocenters. The Balaban J connectivity index is 1.38. The van der Waals surface area contributed by atoms with Gasteiger partial charge in [0.05, 0.1) is 5.92 Å². The molecular formula is C21H28FN3O2. The Hall–Kier alpha value is -1.95. The van der Waals surface area contributed by atoms with E-state index in [1.165, 1.54) is 24.3 Å². The highest BCUT2D eigenvalue weighted by Crippen LogP contribution is 2.29. The summed E-state index contributed by atoms with van der Waals surface area (Å²) in [6.07, 6.45) is 3.84. The smallest absolute Gasteiger partial charge is 0.253 e. The van der Waals surface area contributed by atoms with Gasteiger partial charge in [-0.25, -0.2) is 4.39 Å². The van der Waals surface area contributed by atoms with Crippen LogP contribution in [0.4, 0.5) is 4.39 Å². The maximum absolute atomic E-state index is 13.1. The summed E-state index contributed by atoms with van der Waals surface area (Å²) in [6, 6.07) is 5.65. The number of halogens is 1. The van der Waals surface area contributed by atoms with Crippen molar-refractivity contribution in [3.63, 3.8) is 0 Å². The van der Waals surface area contributed by atoms with Crippen LogP contribution in [-0.2, 0) is 4.79 Å². The van der Waals surface area contributed by atoms with E-state index in [-0.39, 0.29) is 23.5 Å². The quantitative estimate of drug-likeness (QED) is 0.864. The lowest BCUT2D eigenvalue weighted by atomic mass is 9.92. The van der Waals surface area contributed by atoms with Crippen molar-refractivity contribution < 1.29 is 14.0 Å². The first-order valence-corrected chi connectivity index (χ1v) is 10.2. The van der Waals surface area contributed by atoms with Crippen LogP contribution in [0.25, 0.3) is 0 Å². The lowest BCUT2D eigenvalue weighted by Gasteiger charge is -2.35. The molecule has 1 N–H and O–H groups in total. The minimum atomic E-state index is -0.348. The molecule has 3 heterocycles. The number of carbonyl (C=O) groups excluding carboxylic acids is 2. The number of likely N-dealkylation sites (tertiary alicyclic amines) is 2. The van der Waals surface area contributed by atoms with Crippen molar-refractivity contribution in [3.8, 4) is 0 Å². The fraction of sp³-hybridized carbons (Fsp3) is 0.619. The second kappa shape index (κ2) is 7.97. The Labute approximate surface area is 159 Å². The van der Waals surface area contributed by atoms with Gasteiger partial charge in [-0.05, 0) is 74.9 Å². The van der Waals surface area contributed by atoms with E-state index in [2.05, 4.69) is 5.32 Å². The average Bonchev–Trinajstić information content (AvgIpc) is 3.06. The molecule has 3 aliphatic rings. The zero-order valence-corrected chi connectivity index (χ0v) is 15.7. The molecule has 0 bridgehead atoms. The predicted molar refractivity (Wildman–Crippen MR) is 101 cm³/mol. The van der Waals surface area contributed by atoms with E-state index in [0.717, 1.165) is 51.9 Å². The summed E-state index contributed by atoms with van der Waals surface area (Å²) in [5.74, 6) is 1.04. The molecule has 0 aliphatic carbocycles. The molecule has 0 saturated carbocycles. The number of carbonyl (C=O) groups is 2. The molecule has 6 heteroatoms. The number of rotatable bonds is 2. The maximum atomic E-state index is 13.1. The second-order valence-electron chi connectivity index (χ2n) is 8.18. The highest BCUT2D eigenvalue weighted by molar-refractivity contribution is 5.94. The Kier molecular flexibility index (Phi) is 5.43. The summed E-state index contributed by atoms with van der Waals surface area (Å²) in [6.45, 7) is 4.97. The maximum Gasteiger partial charge on any atom is 0.253 e. The summed E-state index contributed by atoms with van der Waals surface area (Å²) in [4.78, 5) is 29.6. The molecule has 2 amide bonds. The van der Waals surface area contributed by atoms with Crippen molar-refractivity contribution in [3.05, 3.63) is 35.6 Å². The van der Waals surface area contributed by atoms with Gasteiger partial charge in [-0.1, -0.05) is 0 Å². The molecule has 5 nitrogen and oxygen atoms in total. The number of nitrogens with one attached hydrogen (secondary N) is 1. The van der Waals surface area contributed by atoms with Crippen LogP contribution in [0.3, 0.4) is 0 Å². The molecule has 3 fully saturated rings. The SMILES string of the molecule is O=C(c1ccc(F)cc1)N1CCCC(C(=O)N2CC[C@@H]3CNC[C@@H]3CC2)C1. The van der Waals surface area contributed by atoms with Crippen molar-refractivity contribution in [2.24, 2.45) is 17.8 Å². The van der Waals surface area contributed by atoms with Gasteiger partial charge in [-0.2, -0.15) is 0 Å². The number of piperidine rings is 1. The Bertz CT molecular complexity index is 679. The van der Waals surface area contributed by atoms with Gasteiger partial charge in [-0.15, -0.1) is 0 Å². The zero-order valence-electron chi connectivity index (χ0n) is 15.7. The second-order valence-corrected chi connectivity index (χ2v) is 8.18. The topological polar surface area (TPSA) is 52.7 Å². The highest BCUT2D eigenvalue weighted by Gasteiger charge is 2.35. The van der Waals surface area contributed by atoms with Crippen molar-refractivity contribution in [2.45, 2.75) is 25.7 Å². The molecule has 0 aromatic heterocycles. The largest absolute Gasteiger partial charge is 0.342 e. The molecule has 0 radical (unpaired) electrons. The van der Waals surface area contributed by atoms with Crippen molar-refractivity contribution >= 4 is 11.8 Å². The summed E-state index contributed by atoms with van der Waals surface area (Å²) < 4.78 is 13.1. The van der Waals surface area contributed by atoms with Crippen molar-refractivity contribution in [1.82, 2.24) is 15.1 Å². The van der Waals surface area contributed by atoms with Crippen LogP contribution >= 0.6 is 0 Å². The van der Waals surface area contributed by atoms with E-state index in [1.807, 2.05) is 4.90 Å². The van der Waals surface area contributed by atoms with Gasteiger partial charge in [0, 0.05) is 31.7 Å². The molecular weight excluding hydrogens is 345 g/mol. The molecule has 1 unspecified atom stereocenters. The van der Waals surface area contributed by atoms with Crippen LogP contribution in [0.15, 0.2) is 24.3 Å². The summed E-state index contributed by atoms with van der Waals surface area (Å²) in [5, 5.41) is 3.47. The third-order valence-electron chi connectivity index (χ3n) is 6.48. The predicted octanol–water partition coefficient (Wildman–Crippen LogP) is 2.14. The molecule has 0 spiro atoms. The van der Waals surface area contributed by atoms with Gasteiger partial charge in [0.2, 0.25) is 5.91 Å². The normalized spacial score (nSPS) is 28.6. The van der Waals surface area contributed by atoms with E-state index < -0.39 is 0 Å². The van der Waals surface area contributed by atoms with Gasteiger partial charge < -0.3 is 15.1 Å². The number of amides is 2. The molecule has 1 aromatic rings. The monoisotopic (exact) mass is 373 g/mol. The van der Waals surface area contributed by atoms with E-state index in [4.69, 9.17) is 0 Å². The molecule has 27 heavy (non-hydrogen) atoms. The van der Waals surface area contributed by atoms with Crippen molar-refractivity contribution in [1.29, 1.82) is 0 Å². The summed E-state index contributed by atoms with van der Waals surface area (Å²) in [7, 11) is 0. The first kappa shape index (κ1) is 18.4. The van der Waals surface area contributed by atoms with Crippen LogP contribution in [0, 0.1) is 23.6 Å². The Morgan fingerprint density at radius 1 is 0.926 bits per heavy atom. The van der Waals surface area contributed by atoms with Gasteiger partial charge in [0.1, 0.15) is 5.82 Å². The Morgan fingerprint density at radius 3 is 2.26 bits per heavy atom. The number of fused-ring (bicyclic) bond motifs is 1. The zero-order chi connectivity index (χ0) is 18.8. The fourth-order valence-corrected chi connectivity index (χ4v) is 4.83. The number of benzene rings is 1. The number of hydrogen-bond donors (Lipinski definition) is 1. The molecule has 4 rings (SSSR count). The van der Waals surface area contributed by atoms with Crippen LogP contribution < -0.4 is 5.32 Å². The first-order valence-electron chi connectivity index (χ1n) is 10.2.